The monoisotopic (exact) mass is 330 g/mol. The Labute approximate surface area is 140 Å². The molecule has 2 N–H and O–H groups in total. The van der Waals surface area contributed by atoms with Crippen LogP contribution in [0.2, 0.25) is 0 Å². The Balaban J connectivity index is 1.64. The predicted molar refractivity (Wildman–Crippen MR) is 87.0 cm³/mol. The maximum atomic E-state index is 12.5. The number of carbonyl (C=O) groups is 3. The summed E-state index contributed by atoms with van der Waals surface area (Å²) in [6.45, 7) is 1.09. The lowest BCUT2D eigenvalue weighted by molar-refractivity contribution is -0.144. The van der Waals surface area contributed by atoms with Crippen molar-refractivity contribution in [1.29, 1.82) is 0 Å². The molecular weight excluding hydrogens is 308 g/mol. The molecule has 0 aromatic heterocycles. The molecule has 1 aromatic carbocycles. The fraction of sp³-hybridized carbons (Fsp3) is 0.500. The van der Waals surface area contributed by atoms with Crippen LogP contribution in [0.4, 0.5) is 0 Å². The van der Waals surface area contributed by atoms with Crippen LogP contribution >= 0.6 is 0 Å². The molecule has 0 bridgehead atoms. The van der Waals surface area contributed by atoms with Crippen LogP contribution in [0.15, 0.2) is 30.3 Å². The van der Waals surface area contributed by atoms with E-state index in [-0.39, 0.29) is 23.7 Å². The molecule has 1 saturated heterocycles. The van der Waals surface area contributed by atoms with Crippen LogP contribution in [0.1, 0.15) is 37.3 Å². The lowest BCUT2D eigenvalue weighted by Crippen LogP contribution is -2.47. The van der Waals surface area contributed by atoms with Gasteiger partial charge in [-0.2, -0.15) is 0 Å². The number of likely N-dealkylation sites (tertiary alicyclic amines) is 1. The molecule has 0 radical (unpaired) electrons. The molecule has 2 fully saturated rings. The minimum absolute atomic E-state index is 0.142. The van der Waals surface area contributed by atoms with E-state index in [0.29, 0.717) is 25.1 Å². The van der Waals surface area contributed by atoms with E-state index in [1.807, 2.05) is 0 Å². The van der Waals surface area contributed by atoms with Gasteiger partial charge in [-0.25, -0.2) is 4.79 Å². The highest BCUT2D eigenvalue weighted by Crippen LogP contribution is 2.32. The Morgan fingerprint density at radius 2 is 1.79 bits per heavy atom. The summed E-state index contributed by atoms with van der Waals surface area (Å²) in [5.41, 5.74) is 0.542. The van der Waals surface area contributed by atoms with Crippen LogP contribution in [0.3, 0.4) is 0 Å². The van der Waals surface area contributed by atoms with Gasteiger partial charge in [-0.05, 0) is 31.2 Å². The van der Waals surface area contributed by atoms with E-state index in [0.717, 1.165) is 19.3 Å². The zero-order valence-corrected chi connectivity index (χ0v) is 13.5. The Morgan fingerprint density at radius 3 is 2.42 bits per heavy atom. The maximum Gasteiger partial charge on any atom is 0.330 e. The van der Waals surface area contributed by atoms with E-state index >= 15 is 0 Å². The normalized spacial score (nSPS) is 21.8. The zero-order chi connectivity index (χ0) is 17.1. The molecule has 2 aliphatic rings. The van der Waals surface area contributed by atoms with Crippen molar-refractivity contribution < 1.29 is 19.5 Å². The van der Waals surface area contributed by atoms with Gasteiger partial charge in [-0.1, -0.05) is 30.3 Å². The smallest absolute Gasteiger partial charge is 0.330 e. The number of nitrogens with zero attached hydrogens (tertiary/aromatic N) is 1. The number of piperidine rings is 1. The third kappa shape index (κ3) is 3.75. The van der Waals surface area contributed by atoms with Gasteiger partial charge in [0.25, 0.3) is 0 Å². The Kier molecular flexibility index (Phi) is 4.83. The van der Waals surface area contributed by atoms with Crippen molar-refractivity contribution in [3.05, 3.63) is 35.9 Å². The molecule has 2 unspecified atom stereocenters. The first kappa shape index (κ1) is 16.5. The summed E-state index contributed by atoms with van der Waals surface area (Å²) in [5, 5.41) is 12.0. The van der Waals surface area contributed by atoms with Crippen molar-refractivity contribution >= 4 is 17.8 Å². The summed E-state index contributed by atoms with van der Waals surface area (Å²) < 4.78 is 0. The van der Waals surface area contributed by atoms with Gasteiger partial charge in [-0.3, -0.25) is 9.59 Å². The molecule has 2 amide bonds. The number of hydrogen-bond donors (Lipinski definition) is 2. The fourth-order valence-corrected chi connectivity index (χ4v) is 3.17. The summed E-state index contributed by atoms with van der Waals surface area (Å²) in [7, 11) is 0. The van der Waals surface area contributed by atoms with E-state index < -0.39 is 12.0 Å². The summed E-state index contributed by atoms with van der Waals surface area (Å²) in [6.07, 6.45) is 3.35. The number of benzene rings is 1. The number of carboxylic acids is 1. The van der Waals surface area contributed by atoms with Gasteiger partial charge in [0.05, 0.1) is 5.92 Å². The second kappa shape index (κ2) is 7.03. The van der Waals surface area contributed by atoms with Crippen LogP contribution in [0.5, 0.6) is 0 Å². The van der Waals surface area contributed by atoms with Crippen molar-refractivity contribution in [2.24, 2.45) is 11.8 Å². The Hall–Kier alpha value is -2.37. The number of rotatable bonds is 5. The lowest BCUT2D eigenvalue weighted by atomic mass is 9.95. The molecule has 1 aliphatic carbocycles. The van der Waals surface area contributed by atoms with Crippen molar-refractivity contribution in [1.82, 2.24) is 10.2 Å². The van der Waals surface area contributed by atoms with Crippen molar-refractivity contribution in [2.45, 2.75) is 31.7 Å². The second-order valence-corrected chi connectivity index (χ2v) is 6.59. The van der Waals surface area contributed by atoms with Crippen molar-refractivity contribution in [2.75, 3.05) is 13.1 Å². The molecular formula is C18H22N2O4. The zero-order valence-electron chi connectivity index (χ0n) is 13.5. The third-order valence-electron chi connectivity index (χ3n) is 4.70. The summed E-state index contributed by atoms with van der Waals surface area (Å²) >= 11 is 0. The van der Waals surface area contributed by atoms with Gasteiger partial charge in [-0.15, -0.1) is 0 Å². The minimum atomic E-state index is -1.09. The molecule has 0 spiro atoms. The number of carbonyl (C=O) groups excluding carboxylic acids is 2. The minimum Gasteiger partial charge on any atom is -0.479 e. The standard InChI is InChI=1S/C18H22N2O4/c21-16(19-15(18(23)24)12-5-2-1-3-6-12)14-7-4-10-20(11-14)17(22)13-8-9-13/h1-3,5-6,13-15H,4,7-11H2,(H,19,21)(H,23,24). The molecule has 24 heavy (non-hydrogen) atoms. The first-order valence-electron chi connectivity index (χ1n) is 8.43. The SMILES string of the molecule is O=C(NC(C(=O)O)c1ccccc1)C1CCCN(C(=O)C2CC2)C1. The topological polar surface area (TPSA) is 86.7 Å². The second-order valence-electron chi connectivity index (χ2n) is 6.59. The number of hydrogen-bond acceptors (Lipinski definition) is 3. The average molecular weight is 330 g/mol. The number of nitrogens with one attached hydrogen (secondary N) is 1. The largest absolute Gasteiger partial charge is 0.479 e. The first-order chi connectivity index (χ1) is 11.6. The molecule has 1 saturated carbocycles. The van der Waals surface area contributed by atoms with Crippen LogP contribution in [-0.2, 0) is 14.4 Å². The van der Waals surface area contributed by atoms with E-state index in [2.05, 4.69) is 5.32 Å². The van der Waals surface area contributed by atoms with Gasteiger partial charge in [0, 0.05) is 19.0 Å². The van der Waals surface area contributed by atoms with Crippen LogP contribution in [0.25, 0.3) is 0 Å². The first-order valence-corrected chi connectivity index (χ1v) is 8.43. The molecule has 128 valence electrons. The molecule has 1 heterocycles. The van der Waals surface area contributed by atoms with Crippen LogP contribution in [-0.4, -0.2) is 40.9 Å². The quantitative estimate of drug-likeness (QED) is 0.858. The third-order valence-corrected chi connectivity index (χ3v) is 4.70. The molecule has 6 heteroatoms. The van der Waals surface area contributed by atoms with E-state index in [1.54, 1.807) is 35.2 Å². The number of carboxylic acid groups (broad SMARTS) is 1. The summed E-state index contributed by atoms with van der Waals surface area (Å²) in [5.74, 6) is -1.43. The molecule has 6 nitrogen and oxygen atoms in total. The Bertz CT molecular complexity index is 627. The average Bonchev–Trinajstić information content (AvgIpc) is 3.44. The van der Waals surface area contributed by atoms with E-state index in [1.165, 1.54) is 0 Å². The summed E-state index contributed by atoms with van der Waals surface area (Å²) in [6, 6.07) is 7.59. The van der Waals surface area contributed by atoms with Gasteiger partial charge >= 0.3 is 5.97 Å². The maximum absolute atomic E-state index is 12.5. The molecule has 1 aromatic rings. The van der Waals surface area contributed by atoms with Crippen molar-refractivity contribution in [3.63, 3.8) is 0 Å². The van der Waals surface area contributed by atoms with E-state index in [9.17, 15) is 19.5 Å². The van der Waals surface area contributed by atoms with Crippen molar-refractivity contribution in [3.8, 4) is 0 Å². The molecule has 3 rings (SSSR count). The van der Waals surface area contributed by atoms with E-state index in [4.69, 9.17) is 0 Å². The summed E-state index contributed by atoms with van der Waals surface area (Å²) in [4.78, 5) is 38.0. The van der Waals surface area contributed by atoms with Gasteiger partial charge in [0.15, 0.2) is 6.04 Å². The van der Waals surface area contributed by atoms with Crippen LogP contribution < -0.4 is 5.32 Å². The van der Waals surface area contributed by atoms with Gasteiger partial charge < -0.3 is 15.3 Å². The number of aliphatic carboxylic acids is 1. The highest BCUT2D eigenvalue weighted by Gasteiger charge is 2.37. The predicted octanol–water partition coefficient (Wildman–Crippen LogP) is 1.58. The van der Waals surface area contributed by atoms with Crippen LogP contribution in [0, 0.1) is 11.8 Å². The highest BCUT2D eigenvalue weighted by molar-refractivity contribution is 5.87. The highest BCUT2D eigenvalue weighted by atomic mass is 16.4. The number of amides is 2. The molecule has 1 aliphatic heterocycles. The lowest BCUT2D eigenvalue weighted by Gasteiger charge is -2.32. The fourth-order valence-electron chi connectivity index (χ4n) is 3.17. The van der Waals surface area contributed by atoms with Gasteiger partial charge in [0.2, 0.25) is 11.8 Å². The Morgan fingerprint density at radius 1 is 1.08 bits per heavy atom. The molecule has 2 atom stereocenters. The van der Waals surface area contributed by atoms with Gasteiger partial charge in [0.1, 0.15) is 0 Å².